The lowest BCUT2D eigenvalue weighted by molar-refractivity contribution is 0.109. The molecule has 1 atom stereocenters. The van der Waals surface area contributed by atoms with Crippen LogP contribution in [0.5, 0.6) is 5.75 Å². The molecule has 0 amide bonds. The largest absolute Gasteiger partial charge is 0.492 e. The summed E-state index contributed by atoms with van der Waals surface area (Å²) >= 11 is 0. The third-order valence-corrected chi connectivity index (χ3v) is 3.20. The Balaban J connectivity index is 1.63. The Morgan fingerprint density at radius 1 is 1.45 bits per heavy atom. The fourth-order valence-electron chi connectivity index (χ4n) is 2.09. The minimum absolute atomic E-state index is 0.0924. The molecule has 1 saturated heterocycles. The quantitative estimate of drug-likeness (QED) is 0.227. The summed E-state index contributed by atoms with van der Waals surface area (Å²) in [6, 6.07) is 7.11. The van der Waals surface area contributed by atoms with Crippen molar-refractivity contribution in [2.75, 3.05) is 26.3 Å². The van der Waals surface area contributed by atoms with Gasteiger partial charge < -0.3 is 25.7 Å². The molecule has 6 heteroatoms. The molecule has 0 saturated carbocycles. The van der Waals surface area contributed by atoms with Crippen molar-refractivity contribution in [3.05, 3.63) is 29.8 Å². The molecule has 0 aliphatic carbocycles. The molecule has 4 N–H and O–H groups in total. The van der Waals surface area contributed by atoms with E-state index in [-0.39, 0.29) is 5.84 Å². The topological polar surface area (TPSA) is 89.1 Å². The second kappa shape index (κ2) is 7.72. The molecule has 20 heavy (non-hydrogen) atoms. The molecular weight excluding hydrogens is 258 g/mol. The summed E-state index contributed by atoms with van der Waals surface area (Å²) in [6.45, 7) is 3.14. The molecule has 1 fully saturated rings. The number of nitrogens with zero attached hydrogens (tertiary/aromatic N) is 1. The summed E-state index contributed by atoms with van der Waals surface area (Å²) in [7, 11) is 0. The summed E-state index contributed by atoms with van der Waals surface area (Å²) in [5, 5.41) is 14.8. The third kappa shape index (κ3) is 4.40. The molecule has 6 nitrogen and oxygen atoms in total. The Labute approximate surface area is 118 Å². The van der Waals surface area contributed by atoms with E-state index in [0.717, 1.165) is 38.3 Å². The van der Waals surface area contributed by atoms with Crippen molar-refractivity contribution in [1.82, 2.24) is 5.32 Å². The maximum Gasteiger partial charge on any atom is 0.170 e. The Morgan fingerprint density at radius 2 is 2.25 bits per heavy atom. The van der Waals surface area contributed by atoms with E-state index in [4.69, 9.17) is 20.4 Å². The molecule has 1 aromatic rings. The van der Waals surface area contributed by atoms with Crippen LogP contribution in [0.25, 0.3) is 0 Å². The van der Waals surface area contributed by atoms with Gasteiger partial charge in [-0.1, -0.05) is 5.16 Å². The lowest BCUT2D eigenvalue weighted by Crippen LogP contribution is -2.29. The summed E-state index contributed by atoms with van der Waals surface area (Å²) in [4.78, 5) is 0. The Morgan fingerprint density at radius 3 is 2.90 bits per heavy atom. The standard InChI is InChI=1S/C14H21N3O3/c15-14(17-18)11-3-5-12(6-4-11)20-9-7-16-10-13-2-1-8-19-13/h3-6,13,16,18H,1-2,7-10H2,(H2,15,17). The van der Waals surface area contributed by atoms with Crippen LogP contribution in [0.3, 0.4) is 0 Å². The lowest BCUT2D eigenvalue weighted by atomic mass is 10.2. The molecule has 0 spiro atoms. The maximum atomic E-state index is 8.56. The number of hydrogen-bond donors (Lipinski definition) is 3. The van der Waals surface area contributed by atoms with Crippen LogP contribution in [0.2, 0.25) is 0 Å². The molecular formula is C14H21N3O3. The zero-order valence-electron chi connectivity index (χ0n) is 11.4. The van der Waals surface area contributed by atoms with E-state index in [0.29, 0.717) is 18.3 Å². The molecule has 1 unspecified atom stereocenters. The highest BCUT2D eigenvalue weighted by Crippen LogP contribution is 2.12. The Kier molecular flexibility index (Phi) is 5.64. The van der Waals surface area contributed by atoms with Crippen molar-refractivity contribution in [1.29, 1.82) is 0 Å². The summed E-state index contributed by atoms with van der Waals surface area (Å²) in [5.41, 5.74) is 6.14. The molecule has 0 radical (unpaired) electrons. The molecule has 1 aliphatic heterocycles. The molecule has 0 aromatic heterocycles. The van der Waals surface area contributed by atoms with E-state index in [2.05, 4.69) is 10.5 Å². The van der Waals surface area contributed by atoms with Crippen molar-refractivity contribution in [2.24, 2.45) is 10.9 Å². The summed E-state index contributed by atoms with van der Waals surface area (Å²) in [6.07, 6.45) is 2.66. The van der Waals surface area contributed by atoms with Crippen LogP contribution in [0, 0.1) is 0 Å². The summed E-state index contributed by atoms with van der Waals surface area (Å²) in [5.74, 6) is 0.855. The highest BCUT2D eigenvalue weighted by atomic mass is 16.5. The van der Waals surface area contributed by atoms with E-state index >= 15 is 0 Å². The summed E-state index contributed by atoms with van der Waals surface area (Å²) < 4.78 is 11.1. The second-order valence-corrected chi connectivity index (χ2v) is 4.70. The van der Waals surface area contributed by atoms with Crippen molar-refractivity contribution in [3.63, 3.8) is 0 Å². The van der Waals surface area contributed by atoms with Crippen LogP contribution < -0.4 is 15.8 Å². The highest BCUT2D eigenvalue weighted by molar-refractivity contribution is 5.97. The van der Waals surface area contributed by atoms with Crippen molar-refractivity contribution in [3.8, 4) is 5.75 Å². The lowest BCUT2D eigenvalue weighted by Gasteiger charge is -2.11. The van der Waals surface area contributed by atoms with Crippen molar-refractivity contribution in [2.45, 2.75) is 18.9 Å². The third-order valence-electron chi connectivity index (χ3n) is 3.20. The van der Waals surface area contributed by atoms with Gasteiger partial charge in [0.1, 0.15) is 12.4 Å². The van der Waals surface area contributed by atoms with Gasteiger partial charge in [0.05, 0.1) is 6.10 Å². The number of nitrogens with two attached hydrogens (primary N) is 1. The molecule has 110 valence electrons. The first-order valence-electron chi connectivity index (χ1n) is 6.82. The van der Waals surface area contributed by atoms with Crippen LogP contribution >= 0.6 is 0 Å². The average Bonchev–Trinajstić information content (AvgIpc) is 3.00. The normalized spacial score (nSPS) is 19.2. The zero-order chi connectivity index (χ0) is 14.2. The van der Waals surface area contributed by atoms with Gasteiger partial charge in [0.15, 0.2) is 5.84 Å². The number of benzene rings is 1. The van der Waals surface area contributed by atoms with E-state index in [1.807, 2.05) is 0 Å². The van der Waals surface area contributed by atoms with E-state index < -0.39 is 0 Å². The molecule has 0 bridgehead atoms. The number of rotatable bonds is 7. The second-order valence-electron chi connectivity index (χ2n) is 4.70. The van der Waals surface area contributed by atoms with Gasteiger partial charge in [0.2, 0.25) is 0 Å². The van der Waals surface area contributed by atoms with Gasteiger partial charge in [-0.3, -0.25) is 0 Å². The van der Waals surface area contributed by atoms with Gasteiger partial charge >= 0.3 is 0 Å². The van der Waals surface area contributed by atoms with Crippen LogP contribution in [-0.4, -0.2) is 43.5 Å². The first-order valence-corrected chi connectivity index (χ1v) is 6.82. The highest BCUT2D eigenvalue weighted by Gasteiger charge is 2.14. The van der Waals surface area contributed by atoms with Gasteiger partial charge in [0, 0.05) is 25.3 Å². The minimum atomic E-state index is 0.0924. The zero-order valence-corrected chi connectivity index (χ0v) is 11.4. The number of hydrogen-bond acceptors (Lipinski definition) is 5. The fourth-order valence-corrected chi connectivity index (χ4v) is 2.09. The fraction of sp³-hybridized carbons (Fsp3) is 0.500. The first kappa shape index (κ1) is 14.6. The number of amidine groups is 1. The van der Waals surface area contributed by atoms with Crippen LogP contribution in [0.4, 0.5) is 0 Å². The van der Waals surface area contributed by atoms with Crippen LogP contribution in [-0.2, 0) is 4.74 Å². The van der Waals surface area contributed by atoms with E-state index in [9.17, 15) is 0 Å². The van der Waals surface area contributed by atoms with Crippen molar-refractivity contribution >= 4 is 5.84 Å². The van der Waals surface area contributed by atoms with E-state index in [1.54, 1.807) is 24.3 Å². The number of nitrogens with one attached hydrogen (secondary N) is 1. The van der Waals surface area contributed by atoms with Gasteiger partial charge in [-0.2, -0.15) is 0 Å². The minimum Gasteiger partial charge on any atom is -0.492 e. The van der Waals surface area contributed by atoms with Gasteiger partial charge in [-0.25, -0.2) is 0 Å². The Bertz CT molecular complexity index is 428. The van der Waals surface area contributed by atoms with Gasteiger partial charge in [-0.15, -0.1) is 0 Å². The SMILES string of the molecule is NC(=NO)c1ccc(OCCNCC2CCCO2)cc1. The predicted octanol–water partition coefficient (Wildman–Crippen LogP) is 0.928. The maximum absolute atomic E-state index is 8.56. The Hall–Kier alpha value is -1.79. The van der Waals surface area contributed by atoms with Crippen molar-refractivity contribution < 1.29 is 14.7 Å². The van der Waals surface area contributed by atoms with Crippen LogP contribution in [0.1, 0.15) is 18.4 Å². The van der Waals surface area contributed by atoms with E-state index in [1.165, 1.54) is 0 Å². The molecule has 1 aromatic carbocycles. The number of ether oxygens (including phenoxy) is 2. The average molecular weight is 279 g/mol. The monoisotopic (exact) mass is 279 g/mol. The van der Waals surface area contributed by atoms with Gasteiger partial charge in [0.25, 0.3) is 0 Å². The first-order chi connectivity index (χ1) is 9.79. The molecule has 1 heterocycles. The molecule has 1 aliphatic rings. The van der Waals surface area contributed by atoms with Gasteiger partial charge in [-0.05, 0) is 37.1 Å². The number of oxime groups is 1. The molecule has 2 rings (SSSR count). The smallest absolute Gasteiger partial charge is 0.170 e. The van der Waals surface area contributed by atoms with Crippen LogP contribution in [0.15, 0.2) is 29.4 Å². The predicted molar refractivity (Wildman–Crippen MR) is 76.3 cm³/mol.